The zero-order valence-electron chi connectivity index (χ0n) is 7.81. The van der Waals surface area contributed by atoms with Crippen LogP contribution in [-0.4, -0.2) is 11.2 Å². The first-order valence-corrected chi connectivity index (χ1v) is 4.64. The molecule has 0 bridgehead atoms. The Balaban J connectivity index is 2.43. The molecule has 4 heteroatoms. The number of nitrogens with zero attached hydrogens (tertiary/aromatic N) is 2. The molecule has 1 saturated carbocycles. The second-order valence-corrected chi connectivity index (χ2v) is 3.50. The lowest BCUT2D eigenvalue weighted by Crippen LogP contribution is -2.25. The lowest BCUT2D eigenvalue weighted by Gasteiger charge is -2.27. The lowest BCUT2D eigenvalue weighted by atomic mass is 9.88. The van der Waals surface area contributed by atoms with Gasteiger partial charge in [-0.2, -0.15) is 0 Å². The van der Waals surface area contributed by atoms with Gasteiger partial charge in [-0.05, 0) is 25.2 Å². The number of aliphatic hydroxyl groups excluding tert-OH is 1. The third kappa shape index (κ3) is 2.94. The van der Waals surface area contributed by atoms with Crippen molar-refractivity contribution in [2.75, 3.05) is 0 Å². The van der Waals surface area contributed by atoms with Crippen molar-refractivity contribution in [3.63, 3.8) is 0 Å². The van der Waals surface area contributed by atoms with Gasteiger partial charge in [-0.15, -0.1) is 0 Å². The highest BCUT2D eigenvalue weighted by Crippen LogP contribution is 2.27. The summed E-state index contributed by atoms with van der Waals surface area (Å²) in [6.07, 6.45) is 5.43. The smallest absolute Gasteiger partial charge is 0.429 e. The molecule has 0 amide bonds. The molecular weight excluding hydrogens is 168 g/mol. The summed E-state index contributed by atoms with van der Waals surface area (Å²) < 4.78 is 5.21. The molecule has 13 heavy (non-hydrogen) atoms. The Labute approximate surface area is 77.8 Å². The maximum absolute atomic E-state index is 9.10. The predicted octanol–water partition coefficient (Wildman–Crippen LogP) is 2.79. The summed E-state index contributed by atoms with van der Waals surface area (Å²) >= 11 is 0. The largest absolute Gasteiger partial charge is 0.476 e. The van der Waals surface area contributed by atoms with Gasteiger partial charge in [-0.3, -0.25) is 0 Å². The SMILES string of the molecule is C[C@@H]1CCCC[C@@H]1O/C(O)=C\[N+]#N. The van der Waals surface area contributed by atoms with E-state index < -0.39 is 0 Å². The minimum atomic E-state index is -0.304. The van der Waals surface area contributed by atoms with E-state index in [0.29, 0.717) is 5.92 Å². The zero-order chi connectivity index (χ0) is 9.68. The molecule has 0 aromatic carbocycles. The van der Waals surface area contributed by atoms with E-state index >= 15 is 0 Å². The topological polar surface area (TPSA) is 57.6 Å². The fraction of sp³-hybridized carbons (Fsp3) is 0.778. The maximum atomic E-state index is 9.10. The second kappa shape index (κ2) is 4.70. The number of aliphatic hydroxyl groups is 1. The summed E-state index contributed by atoms with van der Waals surface area (Å²) in [5.41, 5.74) is 0. The molecule has 0 saturated heterocycles. The van der Waals surface area contributed by atoms with Crippen molar-refractivity contribution in [1.82, 2.24) is 0 Å². The number of hydrogen-bond acceptors (Lipinski definition) is 3. The molecule has 0 unspecified atom stereocenters. The van der Waals surface area contributed by atoms with Crippen LogP contribution in [0.2, 0.25) is 0 Å². The second-order valence-electron chi connectivity index (χ2n) is 3.50. The van der Waals surface area contributed by atoms with E-state index in [4.69, 9.17) is 15.2 Å². The molecule has 0 aliphatic heterocycles. The summed E-state index contributed by atoms with van der Waals surface area (Å²) in [7, 11) is 0. The first kappa shape index (κ1) is 9.85. The molecule has 4 nitrogen and oxygen atoms in total. The Hall–Kier alpha value is -1.24. The minimum Gasteiger partial charge on any atom is -0.476 e. The lowest BCUT2D eigenvalue weighted by molar-refractivity contribution is -0.0151. The van der Waals surface area contributed by atoms with E-state index in [9.17, 15) is 0 Å². The van der Waals surface area contributed by atoms with Crippen molar-refractivity contribution in [3.8, 4) is 0 Å². The Morgan fingerprint density at radius 2 is 2.23 bits per heavy atom. The van der Waals surface area contributed by atoms with Gasteiger partial charge in [-0.1, -0.05) is 13.3 Å². The van der Waals surface area contributed by atoms with E-state index in [2.05, 4.69) is 11.9 Å². The normalized spacial score (nSPS) is 29.4. The van der Waals surface area contributed by atoms with Gasteiger partial charge < -0.3 is 9.84 Å². The van der Waals surface area contributed by atoms with E-state index in [1.54, 1.807) is 0 Å². The van der Waals surface area contributed by atoms with Crippen LogP contribution in [0.1, 0.15) is 32.6 Å². The predicted molar refractivity (Wildman–Crippen MR) is 48.3 cm³/mol. The van der Waals surface area contributed by atoms with E-state index in [0.717, 1.165) is 25.5 Å². The van der Waals surface area contributed by atoms with Crippen LogP contribution in [0.4, 0.5) is 0 Å². The molecule has 1 fully saturated rings. The van der Waals surface area contributed by atoms with E-state index in [-0.39, 0.29) is 12.0 Å². The third-order valence-corrected chi connectivity index (χ3v) is 2.47. The molecule has 0 aromatic rings. The minimum absolute atomic E-state index is 0.0618. The molecule has 1 N–H and O–H groups in total. The van der Waals surface area contributed by atoms with Crippen LogP contribution in [0.15, 0.2) is 12.1 Å². The molecule has 0 spiro atoms. The first-order valence-electron chi connectivity index (χ1n) is 4.64. The monoisotopic (exact) mass is 183 g/mol. The van der Waals surface area contributed by atoms with Crippen molar-refractivity contribution < 1.29 is 9.84 Å². The molecule has 0 radical (unpaired) electrons. The third-order valence-electron chi connectivity index (χ3n) is 2.47. The fourth-order valence-corrected chi connectivity index (χ4v) is 1.69. The fourth-order valence-electron chi connectivity index (χ4n) is 1.69. The highest BCUT2D eigenvalue weighted by Gasteiger charge is 2.24. The summed E-state index contributed by atoms with van der Waals surface area (Å²) in [5, 5.41) is 17.2. The Morgan fingerprint density at radius 1 is 1.54 bits per heavy atom. The standard InChI is InChI=1S/C9H14N2O2/c1-7-4-2-3-5-8(7)13-9(12)6-11-10/h6-8H,2-5H2,1H3/p+1/b9-6-/t7-,8+/m1/s1. The van der Waals surface area contributed by atoms with Gasteiger partial charge in [0.15, 0.2) is 4.98 Å². The Kier molecular flexibility index (Phi) is 3.56. The van der Waals surface area contributed by atoms with Crippen LogP contribution >= 0.6 is 0 Å². The average Bonchev–Trinajstić information content (AvgIpc) is 2.09. The summed E-state index contributed by atoms with van der Waals surface area (Å²) in [6.45, 7) is 2.10. The van der Waals surface area contributed by atoms with Crippen molar-refractivity contribution >= 4 is 0 Å². The number of diazo groups is 1. The van der Waals surface area contributed by atoms with Gasteiger partial charge in [0.1, 0.15) is 6.10 Å². The molecule has 0 aromatic heterocycles. The zero-order valence-corrected chi connectivity index (χ0v) is 7.81. The van der Waals surface area contributed by atoms with Gasteiger partial charge in [0, 0.05) is 0 Å². The molecular formula is C9H15N2O2+. The highest BCUT2D eigenvalue weighted by molar-refractivity contribution is 4.89. The van der Waals surface area contributed by atoms with E-state index in [1.807, 2.05) is 0 Å². The molecule has 0 heterocycles. The maximum Gasteiger partial charge on any atom is 0.429 e. The number of hydrogen-bond donors (Lipinski definition) is 1. The van der Waals surface area contributed by atoms with Gasteiger partial charge in [0.25, 0.3) is 0 Å². The van der Waals surface area contributed by atoms with Crippen molar-refractivity contribution in [3.05, 3.63) is 17.1 Å². The van der Waals surface area contributed by atoms with Crippen LogP contribution in [0.3, 0.4) is 0 Å². The van der Waals surface area contributed by atoms with Crippen molar-refractivity contribution in [2.24, 2.45) is 5.92 Å². The summed E-state index contributed by atoms with van der Waals surface area (Å²) in [5.74, 6) is 0.157. The quantitative estimate of drug-likeness (QED) is 0.529. The highest BCUT2D eigenvalue weighted by atomic mass is 16.6. The van der Waals surface area contributed by atoms with Crippen LogP contribution < -0.4 is 0 Å². The van der Waals surface area contributed by atoms with Gasteiger partial charge in [0.05, 0.1) is 0 Å². The van der Waals surface area contributed by atoms with Crippen molar-refractivity contribution in [1.29, 1.82) is 5.39 Å². The van der Waals surface area contributed by atoms with Gasteiger partial charge in [0.2, 0.25) is 5.39 Å². The van der Waals surface area contributed by atoms with Crippen LogP contribution in [0.25, 0.3) is 4.98 Å². The molecule has 1 rings (SSSR count). The summed E-state index contributed by atoms with van der Waals surface area (Å²) in [6, 6.07) is 0. The molecule has 1 aliphatic carbocycles. The van der Waals surface area contributed by atoms with Gasteiger partial charge in [-0.25, -0.2) is 0 Å². The van der Waals surface area contributed by atoms with Crippen LogP contribution in [-0.2, 0) is 4.74 Å². The molecule has 1 aliphatic rings. The van der Waals surface area contributed by atoms with Crippen LogP contribution in [0.5, 0.6) is 0 Å². The number of rotatable bonds is 2. The van der Waals surface area contributed by atoms with Gasteiger partial charge >= 0.3 is 12.1 Å². The average molecular weight is 183 g/mol. The first-order chi connectivity index (χ1) is 6.24. The Bertz CT molecular complexity index is 232. The van der Waals surface area contributed by atoms with Crippen LogP contribution in [0, 0.1) is 11.3 Å². The Morgan fingerprint density at radius 3 is 2.85 bits per heavy atom. The van der Waals surface area contributed by atoms with Crippen molar-refractivity contribution in [2.45, 2.75) is 38.7 Å². The molecule has 72 valence electrons. The van der Waals surface area contributed by atoms with E-state index in [1.165, 1.54) is 6.42 Å². The number of ether oxygens (including phenoxy) is 1. The summed E-state index contributed by atoms with van der Waals surface area (Å²) in [4.78, 5) is 2.69. The molecule has 2 atom stereocenters.